The molecule has 34 heavy (non-hydrogen) atoms. The van der Waals surface area contributed by atoms with Crippen LogP contribution in [-0.2, 0) is 17.9 Å². The van der Waals surface area contributed by atoms with Crippen LogP contribution in [-0.4, -0.2) is 41.1 Å². The highest BCUT2D eigenvalue weighted by atomic mass is 32.1. The Kier molecular flexibility index (Phi) is 6.93. The van der Waals surface area contributed by atoms with Gasteiger partial charge >= 0.3 is 0 Å². The van der Waals surface area contributed by atoms with E-state index in [0.717, 1.165) is 11.1 Å². The lowest BCUT2D eigenvalue weighted by Crippen LogP contribution is -2.36. The third-order valence-electron chi connectivity index (χ3n) is 5.58. The Hall–Kier alpha value is -3.72. The molecule has 1 amide bonds. The second-order valence-corrected chi connectivity index (χ2v) is 8.47. The van der Waals surface area contributed by atoms with Gasteiger partial charge < -0.3 is 14.4 Å². The SMILES string of the molecule is CCN(Cc1ccc(OC)c(OC)c1)C(=O)Cn1cnc2scc(-c3ccc(F)cc3)c2c1=O. The van der Waals surface area contributed by atoms with Gasteiger partial charge in [0.1, 0.15) is 17.2 Å². The number of likely N-dealkylation sites (N-methyl/N-ethyl adjacent to an activating group) is 1. The van der Waals surface area contributed by atoms with Crippen LogP contribution in [0.5, 0.6) is 11.5 Å². The predicted molar refractivity (Wildman–Crippen MR) is 130 cm³/mol. The minimum atomic E-state index is -0.349. The highest BCUT2D eigenvalue weighted by Gasteiger charge is 2.18. The van der Waals surface area contributed by atoms with Crippen molar-refractivity contribution in [3.63, 3.8) is 0 Å². The Morgan fingerprint density at radius 1 is 1.12 bits per heavy atom. The molecule has 7 nitrogen and oxygen atoms in total. The van der Waals surface area contributed by atoms with Crippen LogP contribution in [0.1, 0.15) is 12.5 Å². The summed E-state index contributed by atoms with van der Waals surface area (Å²) in [4.78, 5) is 33.0. The third kappa shape index (κ3) is 4.65. The number of carbonyl (C=O) groups excluding carboxylic acids is 1. The monoisotopic (exact) mass is 481 g/mol. The van der Waals surface area contributed by atoms with Crippen LogP contribution in [0.2, 0.25) is 0 Å². The first-order chi connectivity index (χ1) is 16.4. The number of benzene rings is 2. The Balaban J connectivity index is 1.59. The van der Waals surface area contributed by atoms with E-state index in [1.54, 1.807) is 37.3 Å². The zero-order valence-corrected chi connectivity index (χ0v) is 19.9. The number of methoxy groups -OCH3 is 2. The molecule has 0 aliphatic rings. The maximum atomic E-state index is 13.3. The first-order valence-corrected chi connectivity index (χ1v) is 11.5. The molecule has 0 radical (unpaired) electrons. The van der Waals surface area contributed by atoms with E-state index in [9.17, 15) is 14.0 Å². The summed E-state index contributed by atoms with van der Waals surface area (Å²) in [5.41, 5.74) is 1.97. The summed E-state index contributed by atoms with van der Waals surface area (Å²) in [5, 5.41) is 2.25. The Labute approximate surface area is 200 Å². The van der Waals surface area contributed by atoms with Crippen molar-refractivity contribution in [1.82, 2.24) is 14.5 Å². The summed E-state index contributed by atoms with van der Waals surface area (Å²) < 4.78 is 25.3. The molecule has 2 heterocycles. The van der Waals surface area contributed by atoms with Crippen LogP contribution in [0.15, 0.2) is 59.0 Å². The molecule has 0 spiro atoms. The van der Waals surface area contributed by atoms with Gasteiger partial charge in [-0.3, -0.25) is 14.2 Å². The number of carbonyl (C=O) groups is 1. The molecule has 0 aliphatic heterocycles. The van der Waals surface area contributed by atoms with E-state index in [2.05, 4.69) is 4.98 Å². The van der Waals surface area contributed by atoms with E-state index in [1.165, 1.54) is 34.4 Å². The van der Waals surface area contributed by atoms with Crippen LogP contribution in [0.25, 0.3) is 21.3 Å². The largest absolute Gasteiger partial charge is 0.493 e. The Bertz CT molecular complexity index is 1380. The van der Waals surface area contributed by atoms with Gasteiger partial charge in [0.2, 0.25) is 5.91 Å². The number of hydrogen-bond acceptors (Lipinski definition) is 6. The second-order valence-electron chi connectivity index (χ2n) is 7.61. The van der Waals surface area contributed by atoms with E-state index >= 15 is 0 Å². The van der Waals surface area contributed by atoms with Gasteiger partial charge in [-0.15, -0.1) is 11.3 Å². The van der Waals surface area contributed by atoms with Gasteiger partial charge in [0.15, 0.2) is 11.5 Å². The van der Waals surface area contributed by atoms with Crippen LogP contribution in [0, 0.1) is 5.82 Å². The first-order valence-electron chi connectivity index (χ1n) is 10.7. The molecule has 0 fully saturated rings. The van der Waals surface area contributed by atoms with Crippen LogP contribution in [0.4, 0.5) is 4.39 Å². The molecule has 0 bridgehead atoms. The topological polar surface area (TPSA) is 73.7 Å². The van der Waals surface area contributed by atoms with Gasteiger partial charge in [0.05, 0.1) is 25.9 Å². The van der Waals surface area contributed by atoms with Crippen molar-refractivity contribution in [3.8, 4) is 22.6 Å². The van der Waals surface area contributed by atoms with Crippen molar-refractivity contribution >= 4 is 27.5 Å². The molecule has 0 unspecified atom stereocenters. The molecule has 4 rings (SSSR count). The summed E-state index contributed by atoms with van der Waals surface area (Å²) in [5.74, 6) is 0.636. The quantitative estimate of drug-likeness (QED) is 0.375. The fourth-order valence-electron chi connectivity index (χ4n) is 3.74. The zero-order valence-electron chi connectivity index (χ0n) is 19.1. The molecule has 0 N–H and O–H groups in total. The number of ether oxygens (including phenoxy) is 2. The van der Waals surface area contributed by atoms with Gasteiger partial charge in [0.25, 0.3) is 5.56 Å². The molecule has 176 valence electrons. The van der Waals surface area contributed by atoms with E-state index in [0.29, 0.717) is 40.4 Å². The number of rotatable bonds is 8. The number of aromatic nitrogens is 2. The van der Waals surface area contributed by atoms with Gasteiger partial charge in [-0.1, -0.05) is 18.2 Å². The molecule has 9 heteroatoms. The van der Waals surface area contributed by atoms with E-state index in [-0.39, 0.29) is 23.8 Å². The third-order valence-corrected chi connectivity index (χ3v) is 6.46. The first kappa shape index (κ1) is 23.4. The fourth-order valence-corrected chi connectivity index (χ4v) is 4.65. The predicted octanol–water partition coefficient (Wildman–Crippen LogP) is 4.33. The van der Waals surface area contributed by atoms with E-state index < -0.39 is 0 Å². The fraction of sp³-hybridized carbons (Fsp3) is 0.240. The van der Waals surface area contributed by atoms with Crippen molar-refractivity contribution in [2.75, 3.05) is 20.8 Å². The van der Waals surface area contributed by atoms with Gasteiger partial charge in [-0.25, -0.2) is 9.37 Å². The van der Waals surface area contributed by atoms with E-state index in [1.807, 2.05) is 24.4 Å². The normalized spacial score (nSPS) is 10.9. The maximum Gasteiger partial charge on any atom is 0.263 e. The van der Waals surface area contributed by atoms with Gasteiger partial charge in [-0.05, 0) is 42.3 Å². The smallest absolute Gasteiger partial charge is 0.263 e. The average Bonchev–Trinajstić information content (AvgIpc) is 3.29. The van der Waals surface area contributed by atoms with E-state index in [4.69, 9.17) is 9.47 Å². The van der Waals surface area contributed by atoms with Crippen LogP contribution < -0.4 is 15.0 Å². The number of halogens is 1. The summed E-state index contributed by atoms with van der Waals surface area (Å²) in [6.07, 6.45) is 1.40. The van der Waals surface area contributed by atoms with Crippen molar-refractivity contribution in [2.24, 2.45) is 0 Å². The number of amides is 1. The number of thiophene rings is 1. The molecular weight excluding hydrogens is 457 g/mol. The lowest BCUT2D eigenvalue weighted by Gasteiger charge is -2.22. The molecule has 0 saturated heterocycles. The van der Waals surface area contributed by atoms with Crippen LogP contribution in [0.3, 0.4) is 0 Å². The minimum Gasteiger partial charge on any atom is -0.493 e. The molecule has 2 aromatic carbocycles. The standard InChI is InChI=1S/C25H24FN3O4S/c1-4-28(12-16-5-10-20(32-2)21(11-16)33-3)22(30)13-29-15-27-24-23(25(29)31)19(14-34-24)17-6-8-18(26)9-7-17/h5-11,14-15H,4,12-13H2,1-3H3. The van der Waals surface area contributed by atoms with Gasteiger partial charge in [-0.2, -0.15) is 0 Å². The molecule has 0 aliphatic carbocycles. The zero-order chi connectivity index (χ0) is 24.2. The minimum absolute atomic E-state index is 0.137. The van der Waals surface area contributed by atoms with Crippen molar-refractivity contribution < 1.29 is 18.7 Å². The summed E-state index contributed by atoms with van der Waals surface area (Å²) in [7, 11) is 3.13. The lowest BCUT2D eigenvalue weighted by atomic mass is 10.1. The summed E-state index contributed by atoms with van der Waals surface area (Å²) >= 11 is 1.34. The van der Waals surface area contributed by atoms with Crippen molar-refractivity contribution in [1.29, 1.82) is 0 Å². The molecule has 0 atom stereocenters. The second kappa shape index (κ2) is 10.0. The Morgan fingerprint density at radius 3 is 2.53 bits per heavy atom. The number of hydrogen-bond donors (Lipinski definition) is 0. The van der Waals surface area contributed by atoms with Crippen LogP contribution >= 0.6 is 11.3 Å². The highest BCUT2D eigenvalue weighted by Crippen LogP contribution is 2.31. The molecule has 4 aromatic rings. The maximum absolute atomic E-state index is 13.3. The molecular formula is C25H24FN3O4S. The summed E-state index contributed by atoms with van der Waals surface area (Å²) in [6.45, 7) is 2.58. The number of fused-ring (bicyclic) bond motifs is 1. The molecule has 0 saturated carbocycles. The molecule has 2 aromatic heterocycles. The van der Waals surface area contributed by atoms with Gasteiger partial charge in [0, 0.05) is 24.0 Å². The Morgan fingerprint density at radius 2 is 1.85 bits per heavy atom. The lowest BCUT2D eigenvalue weighted by molar-refractivity contribution is -0.132. The van der Waals surface area contributed by atoms with Crippen molar-refractivity contribution in [2.45, 2.75) is 20.0 Å². The number of nitrogens with zero attached hydrogens (tertiary/aromatic N) is 3. The highest BCUT2D eigenvalue weighted by molar-refractivity contribution is 7.17. The van der Waals surface area contributed by atoms with Crippen molar-refractivity contribution in [3.05, 3.63) is 75.9 Å². The summed E-state index contributed by atoms with van der Waals surface area (Å²) in [6, 6.07) is 11.4. The average molecular weight is 482 g/mol.